The lowest BCUT2D eigenvalue weighted by atomic mass is 10.1. The smallest absolute Gasteiger partial charge is 0.138 e. The molecule has 17 heavy (non-hydrogen) atoms. The Hall–Kier alpha value is -0.650. The van der Waals surface area contributed by atoms with Gasteiger partial charge in [-0.1, -0.05) is 0 Å². The highest BCUT2D eigenvalue weighted by molar-refractivity contribution is 9.10. The van der Waals surface area contributed by atoms with Crippen LogP contribution in [0.15, 0.2) is 22.9 Å². The first-order valence-electron chi connectivity index (χ1n) is 5.53. The van der Waals surface area contributed by atoms with Gasteiger partial charge in [0, 0.05) is 22.8 Å². The molecule has 1 atom stereocenters. The second-order valence-electron chi connectivity index (χ2n) is 4.93. The van der Waals surface area contributed by atoms with E-state index in [1.807, 2.05) is 6.07 Å². The van der Waals surface area contributed by atoms with E-state index in [0.29, 0.717) is 12.3 Å². The van der Waals surface area contributed by atoms with Gasteiger partial charge in [0.05, 0.1) is 6.20 Å². The van der Waals surface area contributed by atoms with Crippen molar-refractivity contribution in [2.24, 2.45) is 0 Å². The zero-order valence-electron chi connectivity index (χ0n) is 10.4. The molecule has 1 aromatic rings. The summed E-state index contributed by atoms with van der Waals surface area (Å²) in [6, 6.07) is 1.82. The summed E-state index contributed by atoms with van der Waals surface area (Å²) in [5, 5.41) is 12.9. The molecule has 0 aliphatic heterocycles. The lowest BCUT2D eigenvalue weighted by Gasteiger charge is -2.22. The Kier molecular flexibility index (Phi) is 5.36. The van der Waals surface area contributed by atoms with E-state index in [1.165, 1.54) is 0 Å². The van der Waals surface area contributed by atoms with Crippen molar-refractivity contribution in [2.75, 3.05) is 13.2 Å². The van der Waals surface area contributed by atoms with Crippen molar-refractivity contribution < 1.29 is 9.84 Å². The Bertz CT molecular complexity index is 353. The molecule has 0 aliphatic carbocycles. The Morgan fingerprint density at radius 1 is 1.47 bits per heavy atom. The number of hydrogen-bond donors (Lipinski definition) is 2. The molecule has 4 nitrogen and oxygen atoms in total. The quantitative estimate of drug-likeness (QED) is 0.873. The number of halogens is 1. The topological polar surface area (TPSA) is 54.4 Å². The van der Waals surface area contributed by atoms with E-state index < -0.39 is 6.10 Å². The third kappa shape index (κ3) is 6.61. The number of aliphatic hydroxyl groups excluding tert-OH is 1. The van der Waals surface area contributed by atoms with Crippen LogP contribution >= 0.6 is 15.9 Å². The van der Waals surface area contributed by atoms with E-state index in [0.717, 1.165) is 4.47 Å². The zero-order valence-corrected chi connectivity index (χ0v) is 12.0. The van der Waals surface area contributed by atoms with Gasteiger partial charge in [-0.25, -0.2) is 0 Å². The maximum Gasteiger partial charge on any atom is 0.138 e. The summed E-state index contributed by atoms with van der Waals surface area (Å²) in [4.78, 5) is 3.98. The Morgan fingerprint density at radius 2 is 2.18 bits per heavy atom. The van der Waals surface area contributed by atoms with Crippen molar-refractivity contribution in [1.82, 2.24) is 10.3 Å². The highest BCUT2D eigenvalue weighted by atomic mass is 79.9. The van der Waals surface area contributed by atoms with Crippen molar-refractivity contribution in [1.29, 1.82) is 0 Å². The van der Waals surface area contributed by atoms with Gasteiger partial charge >= 0.3 is 0 Å². The van der Waals surface area contributed by atoms with E-state index >= 15 is 0 Å². The molecule has 2 N–H and O–H groups in total. The van der Waals surface area contributed by atoms with Crippen molar-refractivity contribution >= 4 is 15.9 Å². The summed E-state index contributed by atoms with van der Waals surface area (Å²) in [5.41, 5.74) is -0.00168. The van der Waals surface area contributed by atoms with Crippen molar-refractivity contribution in [3.63, 3.8) is 0 Å². The Labute approximate surface area is 111 Å². The molecule has 1 rings (SSSR count). The largest absolute Gasteiger partial charge is 0.489 e. The SMILES string of the molecule is CC(C)(C)NCC(O)COc1cncc(Br)c1. The molecule has 0 saturated heterocycles. The number of nitrogens with one attached hydrogen (secondary N) is 1. The van der Waals surface area contributed by atoms with Crippen LogP contribution in [0.4, 0.5) is 0 Å². The van der Waals surface area contributed by atoms with Crippen LogP contribution in [0.2, 0.25) is 0 Å². The van der Waals surface area contributed by atoms with Crippen molar-refractivity contribution in [2.45, 2.75) is 32.4 Å². The number of aliphatic hydroxyl groups is 1. The van der Waals surface area contributed by atoms with Crippen LogP contribution in [0.3, 0.4) is 0 Å². The van der Waals surface area contributed by atoms with Gasteiger partial charge in [0.15, 0.2) is 0 Å². The number of rotatable bonds is 5. The zero-order chi connectivity index (χ0) is 12.9. The third-order valence-corrected chi connectivity index (χ3v) is 2.42. The molecule has 0 saturated carbocycles. The maximum atomic E-state index is 9.72. The second-order valence-corrected chi connectivity index (χ2v) is 5.85. The predicted octanol–water partition coefficient (Wildman–Crippen LogP) is 1.97. The summed E-state index contributed by atoms with van der Waals surface area (Å²) in [7, 11) is 0. The molecule has 0 bridgehead atoms. The molecule has 1 aromatic heterocycles. The van der Waals surface area contributed by atoms with Gasteiger partial charge in [0.25, 0.3) is 0 Å². The molecule has 0 radical (unpaired) electrons. The summed E-state index contributed by atoms with van der Waals surface area (Å²) in [6.07, 6.45) is 2.77. The predicted molar refractivity (Wildman–Crippen MR) is 71.2 cm³/mol. The van der Waals surface area contributed by atoms with Crippen LogP contribution in [0.25, 0.3) is 0 Å². The van der Waals surface area contributed by atoms with Crippen LogP contribution in [0, 0.1) is 0 Å². The summed E-state index contributed by atoms with van der Waals surface area (Å²) in [5.74, 6) is 0.647. The normalized spacial score (nSPS) is 13.5. The maximum absolute atomic E-state index is 9.72. The van der Waals surface area contributed by atoms with E-state index in [2.05, 4.69) is 47.0 Å². The van der Waals surface area contributed by atoms with E-state index in [9.17, 15) is 5.11 Å². The third-order valence-electron chi connectivity index (χ3n) is 1.99. The molecular formula is C12H19BrN2O2. The van der Waals surface area contributed by atoms with Gasteiger partial charge in [-0.2, -0.15) is 0 Å². The summed E-state index contributed by atoms with van der Waals surface area (Å²) < 4.78 is 6.29. The first-order valence-corrected chi connectivity index (χ1v) is 6.32. The minimum atomic E-state index is -0.534. The first-order chi connectivity index (χ1) is 7.87. The minimum Gasteiger partial charge on any atom is -0.489 e. The number of hydrogen-bond acceptors (Lipinski definition) is 4. The first kappa shape index (κ1) is 14.4. The van der Waals surface area contributed by atoms with Crippen molar-refractivity contribution in [3.8, 4) is 5.75 Å². The standard InChI is InChI=1S/C12H19BrN2O2/c1-12(2,3)15-6-10(16)8-17-11-4-9(13)5-14-7-11/h4-5,7,10,15-16H,6,8H2,1-3H3. The van der Waals surface area contributed by atoms with E-state index in [-0.39, 0.29) is 12.1 Å². The minimum absolute atomic E-state index is 0.00168. The second kappa shape index (κ2) is 6.33. The van der Waals surface area contributed by atoms with E-state index in [4.69, 9.17) is 4.74 Å². The van der Waals surface area contributed by atoms with Crippen molar-refractivity contribution in [3.05, 3.63) is 22.9 Å². The van der Waals surface area contributed by atoms with Gasteiger partial charge in [-0.3, -0.25) is 4.98 Å². The highest BCUT2D eigenvalue weighted by Gasteiger charge is 2.12. The van der Waals surface area contributed by atoms with Crippen LogP contribution in [-0.4, -0.2) is 34.9 Å². The number of β-amino-alcohol motifs (C(OH)–C–C–N with tert-alkyl or cyclic N) is 1. The molecule has 0 aliphatic rings. The van der Waals surface area contributed by atoms with Gasteiger partial charge in [-0.05, 0) is 42.8 Å². The van der Waals surface area contributed by atoms with Gasteiger partial charge in [0.1, 0.15) is 18.5 Å². The number of aromatic nitrogens is 1. The average Bonchev–Trinajstić information content (AvgIpc) is 2.23. The fourth-order valence-electron chi connectivity index (χ4n) is 1.15. The van der Waals surface area contributed by atoms with Crippen LogP contribution in [0.1, 0.15) is 20.8 Å². The number of nitrogens with zero attached hydrogens (tertiary/aromatic N) is 1. The van der Waals surface area contributed by atoms with Crippen LogP contribution in [0.5, 0.6) is 5.75 Å². The van der Waals surface area contributed by atoms with Gasteiger partial charge in [-0.15, -0.1) is 0 Å². The highest BCUT2D eigenvalue weighted by Crippen LogP contribution is 2.15. The lowest BCUT2D eigenvalue weighted by molar-refractivity contribution is 0.0998. The molecule has 5 heteroatoms. The fourth-order valence-corrected chi connectivity index (χ4v) is 1.49. The van der Waals surface area contributed by atoms with Gasteiger partial charge in [0.2, 0.25) is 0 Å². The molecule has 1 heterocycles. The van der Waals surface area contributed by atoms with Gasteiger partial charge < -0.3 is 15.2 Å². The molecule has 0 amide bonds. The van der Waals surface area contributed by atoms with E-state index in [1.54, 1.807) is 12.4 Å². The fraction of sp³-hybridized carbons (Fsp3) is 0.583. The molecule has 0 fully saturated rings. The Balaban J connectivity index is 2.31. The van der Waals surface area contributed by atoms with Crippen LogP contribution < -0.4 is 10.1 Å². The monoisotopic (exact) mass is 302 g/mol. The number of ether oxygens (including phenoxy) is 1. The Morgan fingerprint density at radius 3 is 2.76 bits per heavy atom. The average molecular weight is 303 g/mol. The lowest BCUT2D eigenvalue weighted by Crippen LogP contribution is -2.42. The summed E-state index contributed by atoms with van der Waals surface area (Å²) >= 11 is 3.31. The molecule has 96 valence electrons. The molecule has 0 spiro atoms. The number of pyridine rings is 1. The van der Waals surface area contributed by atoms with Crippen LogP contribution in [-0.2, 0) is 0 Å². The molecule has 1 unspecified atom stereocenters. The molecular weight excluding hydrogens is 284 g/mol. The summed E-state index contributed by atoms with van der Waals surface area (Å²) in [6.45, 7) is 6.92. The molecule has 0 aromatic carbocycles.